The Morgan fingerprint density at radius 1 is 1.33 bits per heavy atom. The van der Waals surface area contributed by atoms with Crippen LogP contribution in [0.4, 0.5) is 0 Å². The molecule has 6 rings (SSSR count). The fourth-order valence-electron chi connectivity index (χ4n) is 10.1. The summed E-state index contributed by atoms with van der Waals surface area (Å²) in [7, 11) is 0. The first kappa shape index (κ1) is 17.1. The average Bonchev–Trinajstić information content (AvgIpc) is 3.17. The Morgan fingerprint density at radius 2 is 2.07 bits per heavy atom. The van der Waals surface area contributed by atoms with Gasteiger partial charge >= 0.3 is 0 Å². The van der Waals surface area contributed by atoms with E-state index in [2.05, 4.69) is 13.5 Å². The molecule has 0 aromatic heterocycles. The summed E-state index contributed by atoms with van der Waals surface area (Å²) in [5.74, 6) is 0.275. The van der Waals surface area contributed by atoms with Crippen LogP contribution >= 0.6 is 0 Å². The van der Waals surface area contributed by atoms with Crippen LogP contribution in [0, 0.1) is 45.1 Å². The lowest BCUT2D eigenvalue weighted by molar-refractivity contribution is -0.927. The molecule has 27 heavy (non-hydrogen) atoms. The van der Waals surface area contributed by atoms with Gasteiger partial charge in [0.1, 0.15) is 11.8 Å². The molecule has 2 N–H and O–H groups in total. The lowest BCUT2D eigenvalue weighted by Gasteiger charge is -2.68. The van der Waals surface area contributed by atoms with Crippen LogP contribution in [0.3, 0.4) is 0 Å². The first-order valence-corrected chi connectivity index (χ1v) is 10.8. The van der Waals surface area contributed by atoms with E-state index < -0.39 is 23.0 Å². The van der Waals surface area contributed by atoms with Crippen LogP contribution in [0.5, 0.6) is 0 Å². The Balaban J connectivity index is 1.64. The molecule has 11 atom stereocenters. The summed E-state index contributed by atoms with van der Waals surface area (Å²) >= 11 is 0. The number of nitrogens with zero attached hydrogens (tertiary/aromatic N) is 1. The number of piperidine rings is 1. The van der Waals surface area contributed by atoms with Crippen LogP contribution < -0.4 is 0 Å². The Bertz CT molecular complexity index is 782. The molecule has 7 bridgehead atoms. The topological polar surface area (TPSA) is 80.6 Å². The molecule has 1 heterocycles. The molecule has 5 nitrogen and oxygen atoms in total. The summed E-state index contributed by atoms with van der Waals surface area (Å²) in [5.41, 5.74) is -0.303. The van der Waals surface area contributed by atoms with E-state index in [9.17, 15) is 20.2 Å². The molecule has 1 aliphatic heterocycles. The summed E-state index contributed by atoms with van der Waals surface area (Å²) in [5, 5.41) is 37.0. The van der Waals surface area contributed by atoms with Crippen LogP contribution in [0.25, 0.3) is 0 Å². The molecular weight excluding hydrogens is 342 g/mol. The second-order valence-corrected chi connectivity index (χ2v) is 11.0. The molecule has 6 aliphatic rings. The van der Waals surface area contributed by atoms with E-state index in [1.165, 1.54) is 0 Å². The van der Waals surface area contributed by atoms with Crippen LogP contribution in [0.15, 0.2) is 12.2 Å². The number of aliphatic hydroxyl groups is 2. The van der Waals surface area contributed by atoms with Crippen LogP contribution in [-0.4, -0.2) is 52.0 Å². The maximum absolute atomic E-state index is 14.2. The predicted octanol–water partition coefficient (Wildman–Crippen LogP) is 2.01. The van der Waals surface area contributed by atoms with Crippen LogP contribution in [0.2, 0.25) is 0 Å². The number of ketones is 1. The first-order valence-electron chi connectivity index (χ1n) is 10.8. The van der Waals surface area contributed by atoms with E-state index in [0.717, 1.165) is 19.3 Å². The Hall–Kier alpha value is -0.750. The van der Waals surface area contributed by atoms with Crippen molar-refractivity contribution in [3.05, 3.63) is 17.4 Å². The molecular formula is C22H31NO4. The van der Waals surface area contributed by atoms with E-state index >= 15 is 0 Å². The van der Waals surface area contributed by atoms with Crippen molar-refractivity contribution in [2.75, 3.05) is 13.1 Å². The SMILES string of the molecule is C=C1C2C[C@@]3([C@@H]1O)[C@@H](CC2=O)[C@@]12C4[C@@H]3C[C@@H]1[C@@](C)(CC[C@@H]2O)C[N+]4([O-])CC. The minimum Gasteiger partial charge on any atom is -0.633 e. The quantitative estimate of drug-likeness (QED) is 0.419. The predicted molar refractivity (Wildman–Crippen MR) is 99.0 cm³/mol. The highest BCUT2D eigenvalue weighted by Gasteiger charge is 2.88. The van der Waals surface area contributed by atoms with Crippen molar-refractivity contribution in [2.24, 2.45) is 39.9 Å². The maximum Gasteiger partial charge on any atom is 0.140 e. The van der Waals surface area contributed by atoms with Gasteiger partial charge in [0.2, 0.25) is 0 Å². The highest BCUT2D eigenvalue weighted by molar-refractivity contribution is 5.87. The van der Waals surface area contributed by atoms with Gasteiger partial charge in [-0.2, -0.15) is 0 Å². The molecule has 1 saturated heterocycles. The number of quaternary nitrogens is 1. The summed E-state index contributed by atoms with van der Waals surface area (Å²) in [6.45, 7) is 9.47. The lowest BCUT2D eigenvalue weighted by Crippen LogP contribution is -2.73. The molecule has 5 heteroatoms. The fourth-order valence-corrected chi connectivity index (χ4v) is 10.1. The fraction of sp³-hybridized carbons (Fsp3) is 0.864. The molecule has 0 radical (unpaired) electrons. The molecule has 5 aliphatic carbocycles. The molecule has 0 aromatic rings. The number of Topliss-reactive ketones (excluding diaryl/α,β-unsaturated/α-hetero) is 1. The van der Waals surface area contributed by atoms with Crippen molar-refractivity contribution < 1.29 is 19.7 Å². The number of fused-ring (bicyclic) bond motifs is 1. The summed E-state index contributed by atoms with van der Waals surface area (Å²) in [4.78, 5) is 13.0. The third kappa shape index (κ3) is 1.44. The van der Waals surface area contributed by atoms with Crippen molar-refractivity contribution in [1.82, 2.24) is 0 Å². The number of hydrogen-bond donors (Lipinski definition) is 2. The van der Waals surface area contributed by atoms with E-state index in [1.807, 2.05) is 6.92 Å². The zero-order valence-corrected chi connectivity index (χ0v) is 16.4. The largest absolute Gasteiger partial charge is 0.633 e. The monoisotopic (exact) mass is 373 g/mol. The standard InChI is InChI=1S/C22H31NO4/c1-4-23(27)10-20(3)6-5-17(25)22-15(20)7-13(18(22)23)21-9-12(11(2)19(21)26)14(24)8-16(21)22/h12-13,15-19,25-26H,2,4-10H2,1,3H3/t12?,13-,15+,16+,17-,18?,19+,20-,21-,22-,23?/m0/s1. The lowest BCUT2D eigenvalue weighted by atomic mass is 9.43. The first-order chi connectivity index (χ1) is 12.7. The van der Waals surface area contributed by atoms with Gasteiger partial charge in [-0.25, -0.2) is 0 Å². The highest BCUT2D eigenvalue weighted by Crippen LogP contribution is 2.84. The molecule has 5 saturated carbocycles. The molecule has 3 unspecified atom stereocenters. The normalized spacial score (nSPS) is 65.6. The van der Waals surface area contributed by atoms with Gasteiger partial charge in [-0.3, -0.25) is 4.79 Å². The number of hydrogen-bond acceptors (Lipinski definition) is 4. The van der Waals surface area contributed by atoms with E-state index in [-0.39, 0.29) is 39.6 Å². The molecule has 0 aromatic carbocycles. The number of likely N-dealkylation sites (tertiary alicyclic amines) is 1. The van der Waals surface area contributed by atoms with Gasteiger partial charge in [-0.1, -0.05) is 13.5 Å². The number of aliphatic hydroxyl groups excluding tert-OH is 2. The summed E-state index contributed by atoms with van der Waals surface area (Å²) in [6.07, 6.45) is 2.40. The smallest absolute Gasteiger partial charge is 0.140 e. The Labute approximate surface area is 160 Å². The second kappa shape index (κ2) is 4.53. The minimum atomic E-state index is -0.699. The summed E-state index contributed by atoms with van der Waals surface area (Å²) in [6, 6.07) is -0.173. The van der Waals surface area contributed by atoms with Gasteiger partial charge in [0.05, 0.1) is 30.7 Å². The van der Waals surface area contributed by atoms with Crippen molar-refractivity contribution >= 4 is 5.78 Å². The average molecular weight is 373 g/mol. The molecule has 148 valence electrons. The van der Waals surface area contributed by atoms with Gasteiger partial charge in [-0.15, -0.1) is 0 Å². The highest BCUT2D eigenvalue weighted by atomic mass is 16.5. The van der Waals surface area contributed by atoms with E-state index in [0.29, 0.717) is 37.4 Å². The number of rotatable bonds is 1. The number of carbonyl (C=O) groups is 1. The molecule has 0 amide bonds. The van der Waals surface area contributed by atoms with Crippen molar-refractivity contribution in [3.63, 3.8) is 0 Å². The van der Waals surface area contributed by atoms with Gasteiger partial charge < -0.3 is 20.1 Å². The molecule has 2 spiro atoms. The third-order valence-corrected chi connectivity index (χ3v) is 10.7. The van der Waals surface area contributed by atoms with Gasteiger partial charge in [0.15, 0.2) is 0 Å². The van der Waals surface area contributed by atoms with Gasteiger partial charge in [0, 0.05) is 29.1 Å². The van der Waals surface area contributed by atoms with Gasteiger partial charge in [0.25, 0.3) is 0 Å². The zero-order valence-electron chi connectivity index (χ0n) is 16.4. The van der Waals surface area contributed by atoms with Crippen molar-refractivity contribution in [1.29, 1.82) is 0 Å². The zero-order chi connectivity index (χ0) is 19.1. The number of carbonyl (C=O) groups excluding carboxylic acids is 1. The third-order valence-electron chi connectivity index (χ3n) is 10.7. The minimum absolute atomic E-state index is 0.0651. The van der Waals surface area contributed by atoms with Crippen molar-refractivity contribution in [3.8, 4) is 0 Å². The maximum atomic E-state index is 14.2. The van der Waals surface area contributed by atoms with Crippen molar-refractivity contribution in [2.45, 2.75) is 64.2 Å². The summed E-state index contributed by atoms with van der Waals surface area (Å²) < 4.78 is -0.245. The van der Waals surface area contributed by atoms with Gasteiger partial charge in [-0.05, 0) is 50.0 Å². The van der Waals surface area contributed by atoms with E-state index in [4.69, 9.17) is 0 Å². The second-order valence-electron chi connectivity index (χ2n) is 11.0. The van der Waals surface area contributed by atoms with Crippen LogP contribution in [-0.2, 0) is 4.79 Å². The Morgan fingerprint density at radius 3 is 2.78 bits per heavy atom. The number of hydroxylamine groups is 3. The van der Waals surface area contributed by atoms with Crippen LogP contribution in [0.1, 0.15) is 46.0 Å². The Kier molecular flexibility index (Phi) is 2.88. The van der Waals surface area contributed by atoms with E-state index in [1.54, 1.807) is 0 Å². The molecule has 6 fully saturated rings.